The zero-order valence-corrected chi connectivity index (χ0v) is 19.5. The maximum absolute atomic E-state index is 14.2. The van der Waals surface area contributed by atoms with Gasteiger partial charge >= 0.3 is 5.97 Å². The molecule has 3 rings (SSSR count). The van der Waals surface area contributed by atoms with E-state index in [4.69, 9.17) is 14.2 Å². The van der Waals surface area contributed by atoms with Crippen molar-refractivity contribution >= 4 is 5.97 Å². The predicted molar refractivity (Wildman–Crippen MR) is 123 cm³/mol. The number of carboxylic acids is 1. The minimum atomic E-state index is -1.01. The molecule has 0 aliphatic carbocycles. The van der Waals surface area contributed by atoms with E-state index >= 15 is 0 Å². The Morgan fingerprint density at radius 2 is 1.64 bits per heavy atom. The Morgan fingerprint density at radius 1 is 1.00 bits per heavy atom. The van der Waals surface area contributed by atoms with Crippen LogP contribution in [0.2, 0.25) is 0 Å². The topological polar surface area (TPSA) is 82.0 Å². The molecule has 3 aromatic rings. The third kappa shape index (κ3) is 4.96. The van der Waals surface area contributed by atoms with E-state index in [2.05, 4.69) is 5.32 Å². The highest BCUT2D eigenvalue weighted by Crippen LogP contribution is 2.38. The summed E-state index contributed by atoms with van der Waals surface area (Å²) in [5.74, 6) is 0.274. The maximum atomic E-state index is 14.2. The van der Waals surface area contributed by atoms with Crippen LogP contribution in [-0.2, 0) is 19.6 Å². The van der Waals surface area contributed by atoms with Crippen molar-refractivity contribution in [2.75, 3.05) is 21.3 Å². The van der Waals surface area contributed by atoms with E-state index in [1.807, 2.05) is 23.6 Å². The Labute approximate surface area is 192 Å². The van der Waals surface area contributed by atoms with Crippen LogP contribution in [0.3, 0.4) is 0 Å². The molecule has 0 unspecified atom stereocenters. The molecule has 0 radical (unpaired) electrons. The number of ether oxygens (including phenoxy) is 3. The number of nitrogens with one attached hydrogen (secondary N) is 1. The van der Waals surface area contributed by atoms with Gasteiger partial charge in [-0.3, -0.25) is 0 Å². The Kier molecular flexibility index (Phi) is 7.60. The SMILES string of the molecule is COc1cc(CNCc2c(C(=O)O)c(C)n(Cc3ccccc3F)c2C)cc(OC)c1OC. The fourth-order valence-corrected chi connectivity index (χ4v) is 4.05. The van der Waals surface area contributed by atoms with Gasteiger partial charge in [-0.2, -0.15) is 0 Å². The van der Waals surface area contributed by atoms with E-state index in [9.17, 15) is 14.3 Å². The molecule has 0 aliphatic rings. The molecule has 2 aromatic carbocycles. The first-order valence-corrected chi connectivity index (χ1v) is 10.5. The molecule has 0 bridgehead atoms. The van der Waals surface area contributed by atoms with E-state index < -0.39 is 5.97 Å². The molecule has 33 heavy (non-hydrogen) atoms. The quantitative estimate of drug-likeness (QED) is 0.473. The number of methoxy groups -OCH3 is 3. The van der Waals surface area contributed by atoms with Gasteiger partial charge in [-0.15, -0.1) is 0 Å². The number of carbonyl (C=O) groups is 1. The van der Waals surface area contributed by atoms with Gasteiger partial charge in [-0.1, -0.05) is 18.2 Å². The lowest BCUT2D eigenvalue weighted by Gasteiger charge is -2.14. The Morgan fingerprint density at radius 3 is 2.18 bits per heavy atom. The zero-order valence-electron chi connectivity index (χ0n) is 19.5. The van der Waals surface area contributed by atoms with Gasteiger partial charge in [0.05, 0.1) is 33.4 Å². The van der Waals surface area contributed by atoms with Crippen molar-refractivity contribution in [2.45, 2.75) is 33.5 Å². The van der Waals surface area contributed by atoms with Gasteiger partial charge in [0, 0.05) is 35.6 Å². The van der Waals surface area contributed by atoms with Gasteiger partial charge in [0.25, 0.3) is 0 Å². The van der Waals surface area contributed by atoms with E-state index in [0.717, 1.165) is 11.3 Å². The highest BCUT2D eigenvalue weighted by Gasteiger charge is 2.23. The van der Waals surface area contributed by atoms with Gasteiger partial charge in [-0.25, -0.2) is 9.18 Å². The maximum Gasteiger partial charge on any atom is 0.337 e. The van der Waals surface area contributed by atoms with Crippen molar-refractivity contribution in [3.63, 3.8) is 0 Å². The Bertz CT molecular complexity index is 1130. The number of aromatic nitrogens is 1. The number of benzene rings is 2. The van der Waals surface area contributed by atoms with Crippen LogP contribution in [0.5, 0.6) is 17.2 Å². The molecule has 0 fully saturated rings. The van der Waals surface area contributed by atoms with E-state index in [1.54, 1.807) is 46.5 Å². The first-order valence-electron chi connectivity index (χ1n) is 10.5. The van der Waals surface area contributed by atoms with Crippen molar-refractivity contribution in [1.29, 1.82) is 0 Å². The fourth-order valence-electron chi connectivity index (χ4n) is 4.05. The molecule has 0 spiro atoms. The van der Waals surface area contributed by atoms with Gasteiger partial charge in [0.1, 0.15) is 5.82 Å². The van der Waals surface area contributed by atoms with Gasteiger partial charge in [-0.05, 0) is 37.6 Å². The van der Waals surface area contributed by atoms with Crippen LogP contribution in [0.25, 0.3) is 0 Å². The number of hydrogen-bond donors (Lipinski definition) is 2. The molecular weight excluding hydrogens is 427 g/mol. The summed E-state index contributed by atoms with van der Waals surface area (Å²) in [5.41, 5.74) is 3.68. The second-order valence-electron chi connectivity index (χ2n) is 7.64. The molecule has 2 N–H and O–H groups in total. The van der Waals surface area contributed by atoms with Crippen molar-refractivity contribution in [3.8, 4) is 17.2 Å². The molecule has 8 heteroatoms. The van der Waals surface area contributed by atoms with Crippen LogP contribution in [0, 0.1) is 19.7 Å². The average Bonchev–Trinajstić information content (AvgIpc) is 3.04. The highest BCUT2D eigenvalue weighted by atomic mass is 19.1. The molecule has 1 aromatic heterocycles. The standard InChI is InChI=1S/C25H29FN2O5/c1-15-19(13-27-12-17-10-21(31-3)24(33-5)22(11-17)32-4)23(25(29)30)16(2)28(15)14-18-8-6-7-9-20(18)26/h6-11,27H,12-14H2,1-5H3,(H,29,30). The number of rotatable bonds is 10. The van der Waals surface area contributed by atoms with Gasteiger partial charge in [0.2, 0.25) is 5.75 Å². The van der Waals surface area contributed by atoms with Crippen LogP contribution in [0.15, 0.2) is 36.4 Å². The Balaban J connectivity index is 1.86. The molecule has 0 aliphatic heterocycles. The summed E-state index contributed by atoms with van der Waals surface area (Å²) >= 11 is 0. The summed E-state index contributed by atoms with van der Waals surface area (Å²) in [6.45, 7) is 4.65. The second-order valence-corrected chi connectivity index (χ2v) is 7.64. The van der Waals surface area contributed by atoms with Crippen LogP contribution >= 0.6 is 0 Å². The van der Waals surface area contributed by atoms with Crippen molar-refractivity contribution in [1.82, 2.24) is 9.88 Å². The third-order valence-electron chi connectivity index (χ3n) is 5.77. The molecule has 7 nitrogen and oxygen atoms in total. The van der Waals surface area contributed by atoms with E-state index in [0.29, 0.717) is 47.2 Å². The van der Waals surface area contributed by atoms with Crippen molar-refractivity contribution in [2.24, 2.45) is 0 Å². The van der Waals surface area contributed by atoms with Crippen molar-refractivity contribution in [3.05, 3.63) is 75.9 Å². The van der Waals surface area contributed by atoms with Crippen LogP contribution in [0.4, 0.5) is 4.39 Å². The first-order chi connectivity index (χ1) is 15.8. The number of halogens is 1. The highest BCUT2D eigenvalue weighted by molar-refractivity contribution is 5.91. The molecule has 0 amide bonds. The first kappa shape index (κ1) is 24.1. The largest absolute Gasteiger partial charge is 0.493 e. The molecule has 0 saturated carbocycles. The lowest BCUT2D eigenvalue weighted by molar-refractivity contribution is 0.0694. The van der Waals surface area contributed by atoms with Gasteiger partial charge in [0.15, 0.2) is 11.5 Å². The van der Waals surface area contributed by atoms with Crippen molar-refractivity contribution < 1.29 is 28.5 Å². The summed E-state index contributed by atoms with van der Waals surface area (Å²) in [6, 6.07) is 10.2. The molecule has 1 heterocycles. The normalized spacial score (nSPS) is 10.8. The van der Waals surface area contributed by atoms with Gasteiger partial charge < -0.3 is 29.2 Å². The summed E-state index contributed by atoms with van der Waals surface area (Å²) in [7, 11) is 4.65. The second kappa shape index (κ2) is 10.4. The number of nitrogens with zero attached hydrogens (tertiary/aromatic N) is 1. The van der Waals surface area contributed by atoms with Crippen LogP contribution in [0.1, 0.15) is 38.4 Å². The summed E-state index contributed by atoms with van der Waals surface area (Å²) in [4.78, 5) is 12.0. The number of hydrogen-bond acceptors (Lipinski definition) is 5. The van der Waals surface area contributed by atoms with Crippen LogP contribution in [-0.4, -0.2) is 37.0 Å². The molecular formula is C25H29FN2O5. The van der Waals surface area contributed by atoms with Crippen LogP contribution < -0.4 is 19.5 Å². The lowest BCUT2D eigenvalue weighted by Crippen LogP contribution is -2.16. The zero-order chi connectivity index (χ0) is 24.1. The smallest absolute Gasteiger partial charge is 0.337 e. The minimum absolute atomic E-state index is 0.237. The average molecular weight is 457 g/mol. The summed E-state index contributed by atoms with van der Waals surface area (Å²) in [6.07, 6.45) is 0. The Hall–Kier alpha value is -3.52. The molecule has 176 valence electrons. The van der Waals surface area contributed by atoms with E-state index in [1.165, 1.54) is 6.07 Å². The lowest BCUT2D eigenvalue weighted by atomic mass is 10.1. The summed E-state index contributed by atoms with van der Waals surface area (Å²) in [5, 5.41) is 13.2. The molecule has 0 saturated heterocycles. The number of aromatic carboxylic acids is 1. The number of carboxylic acid groups (broad SMARTS) is 1. The minimum Gasteiger partial charge on any atom is -0.493 e. The third-order valence-corrected chi connectivity index (χ3v) is 5.77. The monoisotopic (exact) mass is 456 g/mol. The predicted octanol–water partition coefficient (Wildman–Crippen LogP) is 4.31. The van der Waals surface area contributed by atoms with E-state index in [-0.39, 0.29) is 17.9 Å². The summed E-state index contributed by atoms with van der Waals surface area (Å²) < 4.78 is 32.2. The molecule has 0 atom stereocenters. The fraction of sp³-hybridized carbons (Fsp3) is 0.320.